The van der Waals surface area contributed by atoms with Gasteiger partial charge in [0.25, 0.3) is 0 Å². The Morgan fingerprint density at radius 3 is 2.71 bits per heavy atom. The molecule has 0 aromatic carbocycles. The molecule has 5 heteroatoms. The summed E-state index contributed by atoms with van der Waals surface area (Å²) in [5.41, 5.74) is 1.05. The van der Waals surface area contributed by atoms with E-state index in [1.54, 1.807) is 12.4 Å². The van der Waals surface area contributed by atoms with E-state index >= 15 is 0 Å². The molecule has 0 radical (unpaired) electrons. The molecular formula is C9H15N3OS. The normalized spacial score (nSPS) is 12.8. The maximum atomic E-state index is 9.43. The smallest absolute Gasteiger partial charge is 0.187 e. The van der Waals surface area contributed by atoms with E-state index in [2.05, 4.69) is 15.3 Å². The summed E-state index contributed by atoms with van der Waals surface area (Å²) in [6, 6.07) is 0. The van der Waals surface area contributed by atoms with Crippen molar-refractivity contribution >= 4 is 11.8 Å². The summed E-state index contributed by atoms with van der Waals surface area (Å²) in [6.45, 7) is 2.54. The highest BCUT2D eigenvalue weighted by molar-refractivity contribution is 7.99. The molecule has 14 heavy (non-hydrogen) atoms. The van der Waals surface area contributed by atoms with Crippen molar-refractivity contribution in [3.63, 3.8) is 0 Å². The molecular weight excluding hydrogens is 198 g/mol. The van der Waals surface area contributed by atoms with Crippen LogP contribution in [0.1, 0.15) is 5.56 Å². The number of thioether (sulfide) groups is 1. The minimum absolute atomic E-state index is 0.352. The molecule has 1 rings (SSSR count). The number of hydrogen-bond donors (Lipinski definition) is 2. The summed E-state index contributed by atoms with van der Waals surface area (Å²) in [5, 5.41) is 13.0. The first-order valence-electron chi connectivity index (χ1n) is 4.46. The van der Waals surface area contributed by atoms with Gasteiger partial charge in [-0.1, -0.05) is 11.8 Å². The molecule has 0 fully saturated rings. The van der Waals surface area contributed by atoms with Crippen LogP contribution in [0.25, 0.3) is 0 Å². The molecule has 78 valence electrons. The van der Waals surface area contributed by atoms with E-state index in [1.807, 2.05) is 14.0 Å². The molecule has 2 N–H and O–H groups in total. The lowest BCUT2D eigenvalue weighted by Crippen LogP contribution is -2.25. The number of aliphatic hydroxyl groups is 1. The number of nitrogens with zero attached hydrogens (tertiary/aromatic N) is 2. The van der Waals surface area contributed by atoms with Crippen LogP contribution in [0.5, 0.6) is 0 Å². The maximum absolute atomic E-state index is 9.43. The quantitative estimate of drug-likeness (QED) is 0.549. The van der Waals surface area contributed by atoms with Gasteiger partial charge in [0.1, 0.15) is 0 Å². The third-order valence-corrected chi connectivity index (χ3v) is 2.62. The molecule has 1 unspecified atom stereocenters. The highest BCUT2D eigenvalue weighted by atomic mass is 32.2. The topological polar surface area (TPSA) is 58.0 Å². The first-order valence-corrected chi connectivity index (χ1v) is 5.45. The van der Waals surface area contributed by atoms with Gasteiger partial charge in [-0.25, -0.2) is 9.97 Å². The second kappa shape index (κ2) is 5.95. The zero-order chi connectivity index (χ0) is 10.4. The monoisotopic (exact) mass is 213 g/mol. The van der Waals surface area contributed by atoms with Gasteiger partial charge in [0.15, 0.2) is 5.16 Å². The van der Waals surface area contributed by atoms with Crippen molar-refractivity contribution in [2.45, 2.75) is 18.2 Å². The van der Waals surface area contributed by atoms with Crippen LogP contribution in [0.3, 0.4) is 0 Å². The van der Waals surface area contributed by atoms with Crippen LogP contribution >= 0.6 is 11.8 Å². The molecule has 0 amide bonds. The van der Waals surface area contributed by atoms with Crippen molar-refractivity contribution in [1.29, 1.82) is 0 Å². The molecule has 0 aliphatic carbocycles. The van der Waals surface area contributed by atoms with Gasteiger partial charge >= 0.3 is 0 Å². The predicted octanol–water partition coefficient (Wildman–Crippen LogP) is 0.457. The Labute approximate surface area is 88.2 Å². The fraction of sp³-hybridized carbons (Fsp3) is 0.556. The molecule has 1 aromatic heterocycles. The van der Waals surface area contributed by atoms with Crippen molar-refractivity contribution in [1.82, 2.24) is 15.3 Å². The van der Waals surface area contributed by atoms with Crippen LogP contribution in [0.15, 0.2) is 17.6 Å². The summed E-state index contributed by atoms with van der Waals surface area (Å²) >= 11 is 1.46. The van der Waals surface area contributed by atoms with Crippen LogP contribution < -0.4 is 5.32 Å². The van der Waals surface area contributed by atoms with Crippen LogP contribution in [-0.4, -0.2) is 40.5 Å². The van der Waals surface area contributed by atoms with E-state index in [-0.39, 0.29) is 6.10 Å². The molecule has 1 heterocycles. The van der Waals surface area contributed by atoms with Crippen molar-refractivity contribution < 1.29 is 5.11 Å². The van der Waals surface area contributed by atoms with E-state index < -0.39 is 0 Å². The van der Waals surface area contributed by atoms with Crippen molar-refractivity contribution in [2.75, 3.05) is 19.3 Å². The fourth-order valence-corrected chi connectivity index (χ4v) is 1.63. The van der Waals surface area contributed by atoms with Crippen LogP contribution in [0.4, 0.5) is 0 Å². The molecule has 4 nitrogen and oxygen atoms in total. The largest absolute Gasteiger partial charge is 0.391 e. The zero-order valence-corrected chi connectivity index (χ0v) is 9.21. The average Bonchev–Trinajstić information content (AvgIpc) is 2.17. The Bertz CT molecular complexity index is 265. The molecule has 1 aromatic rings. The molecule has 1 atom stereocenters. The average molecular weight is 213 g/mol. The van der Waals surface area contributed by atoms with E-state index in [0.29, 0.717) is 17.5 Å². The van der Waals surface area contributed by atoms with Gasteiger partial charge in [0.2, 0.25) is 0 Å². The highest BCUT2D eigenvalue weighted by Gasteiger charge is 2.04. The maximum Gasteiger partial charge on any atom is 0.187 e. The Morgan fingerprint density at radius 1 is 1.50 bits per heavy atom. The summed E-state index contributed by atoms with van der Waals surface area (Å²) < 4.78 is 0. The van der Waals surface area contributed by atoms with Crippen molar-refractivity contribution in [3.8, 4) is 0 Å². The summed E-state index contributed by atoms with van der Waals surface area (Å²) in [4.78, 5) is 8.26. The minimum atomic E-state index is -0.352. The molecule has 0 saturated carbocycles. The van der Waals surface area contributed by atoms with E-state index in [9.17, 15) is 5.11 Å². The molecule has 0 bridgehead atoms. The Balaban J connectivity index is 2.34. The minimum Gasteiger partial charge on any atom is -0.391 e. The zero-order valence-electron chi connectivity index (χ0n) is 8.40. The molecule has 0 saturated heterocycles. The lowest BCUT2D eigenvalue weighted by atomic mass is 10.4. The number of likely N-dealkylation sites (N-methyl/N-ethyl adjacent to an activating group) is 1. The van der Waals surface area contributed by atoms with Crippen LogP contribution in [0, 0.1) is 6.92 Å². The third kappa shape index (κ3) is 4.04. The Kier molecular flexibility index (Phi) is 4.86. The van der Waals surface area contributed by atoms with E-state index in [0.717, 1.165) is 5.56 Å². The number of aliphatic hydroxyl groups excluding tert-OH is 1. The van der Waals surface area contributed by atoms with Gasteiger partial charge in [-0.2, -0.15) is 0 Å². The van der Waals surface area contributed by atoms with E-state index in [4.69, 9.17) is 0 Å². The SMILES string of the molecule is CNCC(O)CSc1ncc(C)cn1. The Morgan fingerprint density at radius 2 is 2.14 bits per heavy atom. The van der Waals surface area contributed by atoms with Crippen LogP contribution in [-0.2, 0) is 0 Å². The number of aryl methyl sites for hydroxylation is 1. The van der Waals surface area contributed by atoms with E-state index in [1.165, 1.54) is 11.8 Å². The summed E-state index contributed by atoms with van der Waals surface area (Å²) in [7, 11) is 1.82. The first-order chi connectivity index (χ1) is 6.72. The molecule has 0 spiro atoms. The number of rotatable bonds is 5. The number of aromatic nitrogens is 2. The lowest BCUT2D eigenvalue weighted by molar-refractivity contribution is 0.199. The van der Waals surface area contributed by atoms with Gasteiger partial charge in [-0.05, 0) is 19.5 Å². The molecule has 0 aliphatic rings. The van der Waals surface area contributed by atoms with Crippen LogP contribution in [0.2, 0.25) is 0 Å². The fourth-order valence-electron chi connectivity index (χ4n) is 0.921. The Hall–Kier alpha value is -0.650. The lowest BCUT2D eigenvalue weighted by Gasteiger charge is -2.07. The number of nitrogens with one attached hydrogen (secondary N) is 1. The number of hydrogen-bond acceptors (Lipinski definition) is 5. The van der Waals surface area contributed by atoms with Gasteiger partial charge in [0.05, 0.1) is 6.10 Å². The molecule has 0 aliphatic heterocycles. The standard InChI is InChI=1S/C9H15N3OS/c1-7-3-11-9(12-4-7)14-6-8(13)5-10-2/h3-4,8,10,13H,5-6H2,1-2H3. The van der Waals surface area contributed by atoms with Gasteiger partial charge < -0.3 is 10.4 Å². The second-order valence-corrected chi connectivity index (χ2v) is 4.05. The predicted molar refractivity (Wildman–Crippen MR) is 57.4 cm³/mol. The summed E-state index contributed by atoms with van der Waals surface area (Å²) in [5.74, 6) is 0.615. The highest BCUT2D eigenvalue weighted by Crippen LogP contribution is 2.12. The van der Waals surface area contributed by atoms with Crippen molar-refractivity contribution in [2.24, 2.45) is 0 Å². The second-order valence-electron chi connectivity index (χ2n) is 3.07. The third-order valence-electron chi connectivity index (χ3n) is 1.60. The van der Waals surface area contributed by atoms with Gasteiger partial charge in [-0.3, -0.25) is 0 Å². The van der Waals surface area contributed by atoms with Gasteiger partial charge in [0, 0.05) is 24.7 Å². The van der Waals surface area contributed by atoms with Gasteiger partial charge in [-0.15, -0.1) is 0 Å². The van der Waals surface area contributed by atoms with Crippen molar-refractivity contribution in [3.05, 3.63) is 18.0 Å². The first kappa shape index (κ1) is 11.4. The summed E-state index contributed by atoms with van der Waals surface area (Å²) in [6.07, 6.45) is 3.20.